The number of nitrogens with zero attached hydrogens (tertiary/aromatic N) is 3. The topological polar surface area (TPSA) is 43.9 Å². The van der Waals surface area contributed by atoms with Crippen LogP contribution in [0.15, 0.2) is 0 Å². The molecule has 0 unspecified atom stereocenters. The fourth-order valence-electron chi connectivity index (χ4n) is 3.74. The number of carbonyl (C=O) groups is 2. The summed E-state index contributed by atoms with van der Waals surface area (Å²) >= 11 is 0. The van der Waals surface area contributed by atoms with Crippen molar-refractivity contribution in [1.29, 1.82) is 0 Å². The van der Waals surface area contributed by atoms with Crippen molar-refractivity contribution >= 4 is 11.8 Å². The van der Waals surface area contributed by atoms with Crippen molar-refractivity contribution < 1.29 is 22.8 Å². The van der Waals surface area contributed by atoms with Crippen LogP contribution >= 0.6 is 0 Å². The minimum absolute atomic E-state index is 0.0415. The lowest BCUT2D eigenvalue weighted by atomic mass is 9.91. The van der Waals surface area contributed by atoms with Crippen molar-refractivity contribution in [3.63, 3.8) is 0 Å². The zero-order chi connectivity index (χ0) is 19.5. The summed E-state index contributed by atoms with van der Waals surface area (Å²) in [5.74, 6) is -0.0579. The predicted octanol–water partition coefficient (Wildman–Crippen LogP) is 2.37. The summed E-state index contributed by atoms with van der Waals surface area (Å²) < 4.78 is 37.3. The minimum Gasteiger partial charge on any atom is -0.343 e. The molecule has 2 aliphatic rings. The van der Waals surface area contributed by atoms with Crippen LogP contribution in [0.3, 0.4) is 0 Å². The maximum Gasteiger partial charge on any atom is 0.401 e. The molecule has 0 N–H and O–H groups in total. The Morgan fingerprint density at radius 1 is 1.00 bits per heavy atom. The summed E-state index contributed by atoms with van der Waals surface area (Å²) in [6, 6.07) is 0.157. The van der Waals surface area contributed by atoms with E-state index in [9.17, 15) is 22.8 Å². The Bertz CT molecular complexity index is 494. The van der Waals surface area contributed by atoms with Crippen molar-refractivity contribution in [2.75, 3.05) is 39.8 Å². The number of halogens is 3. The van der Waals surface area contributed by atoms with Gasteiger partial charge in [0.25, 0.3) is 0 Å². The lowest BCUT2D eigenvalue weighted by Crippen LogP contribution is -2.48. The average Bonchev–Trinajstić information content (AvgIpc) is 2.59. The van der Waals surface area contributed by atoms with E-state index in [0.29, 0.717) is 51.9 Å². The molecule has 0 aromatic heterocycles. The third-order valence-electron chi connectivity index (χ3n) is 5.62. The van der Waals surface area contributed by atoms with Gasteiger partial charge in [0, 0.05) is 38.0 Å². The first kappa shape index (κ1) is 21.0. The Morgan fingerprint density at radius 3 is 1.96 bits per heavy atom. The molecule has 0 radical (unpaired) electrons. The van der Waals surface area contributed by atoms with E-state index in [-0.39, 0.29) is 29.7 Å². The zero-order valence-electron chi connectivity index (χ0n) is 15.9. The Kier molecular flexibility index (Phi) is 6.93. The van der Waals surface area contributed by atoms with Crippen LogP contribution in [-0.2, 0) is 9.59 Å². The number of hydrogen-bond donors (Lipinski definition) is 0. The van der Waals surface area contributed by atoms with E-state index in [1.165, 1.54) is 4.90 Å². The first-order chi connectivity index (χ1) is 12.1. The number of hydrogen-bond acceptors (Lipinski definition) is 3. The van der Waals surface area contributed by atoms with Gasteiger partial charge in [-0.1, -0.05) is 0 Å². The first-order valence-corrected chi connectivity index (χ1v) is 9.43. The van der Waals surface area contributed by atoms with E-state index < -0.39 is 12.7 Å². The number of likely N-dealkylation sites (tertiary alicyclic amines) is 2. The van der Waals surface area contributed by atoms with Gasteiger partial charge in [0.1, 0.15) is 0 Å². The van der Waals surface area contributed by atoms with E-state index in [4.69, 9.17) is 0 Å². The van der Waals surface area contributed by atoms with Gasteiger partial charge < -0.3 is 9.80 Å². The molecule has 0 aromatic rings. The fourth-order valence-corrected chi connectivity index (χ4v) is 3.74. The van der Waals surface area contributed by atoms with Gasteiger partial charge >= 0.3 is 6.18 Å². The van der Waals surface area contributed by atoms with E-state index in [2.05, 4.69) is 0 Å². The number of rotatable bonds is 4. The molecular weight excluding hydrogens is 347 g/mol. The molecule has 150 valence electrons. The van der Waals surface area contributed by atoms with Crippen LogP contribution < -0.4 is 0 Å². The summed E-state index contributed by atoms with van der Waals surface area (Å²) in [7, 11) is 1.80. The molecule has 0 aromatic carbocycles. The van der Waals surface area contributed by atoms with E-state index in [0.717, 1.165) is 0 Å². The highest BCUT2D eigenvalue weighted by atomic mass is 19.4. The molecule has 2 aliphatic heterocycles. The van der Waals surface area contributed by atoms with Crippen molar-refractivity contribution in [3.8, 4) is 0 Å². The number of piperidine rings is 2. The first-order valence-electron chi connectivity index (χ1n) is 9.43. The third-order valence-corrected chi connectivity index (χ3v) is 5.62. The van der Waals surface area contributed by atoms with Crippen LogP contribution in [0.1, 0.15) is 39.5 Å². The lowest BCUT2D eigenvalue weighted by molar-refractivity contribution is -0.152. The summed E-state index contributed by atoms with van der Waals surface area (Å²) in [6.07, 6.45) is -1.91. The molecule has 2 fully saturated rings. The summed E-state index contributed by atoms with van der Waals surface area (Å²) in [5, 5.41) is 0. The van der Waals surface area contributed by atoms with Crippen LogP contribution in [0, 0.1) is 11.8 Å². The van der Waals surface area contributed by atoms with Gasteiger partial charge in [-0.15, -0.1) is 0 Å². The highest BCUT2D eigenvalue weighted by Crippen LogP contribution is 2.26. The van der Waals surface area contributed by atoms with Gasteiger partial charge in [-0.05, 0) is 52.6 Å². The van der Waals surface area contributed by atoms with Crippen molar-refractivity contribution in [2.24, 2.45) is 11.8 Å². The summed E-state index contributed by atoms with van der Waals surface area (Å²) in [4.78, 5) is 30.0. The van der Waals surface area contributed by atoms with Gasteiger partial charge in [0.05, 0.1) is 6.54 Å². The van der Waals surface area contributed by atoms with Crippen LogP contribution in [-0.4, -0.2) is 78.5 Å². The fraction of sp³-hybridized carbons (Fsp3) is 0.889. The van der Waals surface area contributed by atoms with Crippen molar-refractivity contribution in [2.45, 2.75) is 51.7 Å². The quantitative estimate of drug-likeness (QED) is 0.756. The molecule has 8 heteroatoms. The van der Waals surface area contributed by atoms with Crippen LogP contribution in [0.25, 0.3) is 0 Å². The molecule has 2 heterocycles. The molecule has 2 rings (SSSR count). The molecule has 0 spiro atoms. The number of carbonyl (C=O) groups excluding carboxylic acids is 2. The van der Waals surface area contributed by atoms with Gasteiger partial charge in [-0.2, -0.15) is 13.2 Å². The normalized spacial score (nSPS) is 21.3. The predicted molar refractivity (Wildman–Crippen MR) is 92.4 cm³/mol. The Labute approximate surface area is 153 Å². The number of amides is 2. The summed E-state index contributed by atoms with van der Waals surface area (Å²) in [6.45, 7) is 4.79. The van der Waals surface area contributed by atoms with Gasteiger partial charge in [-0.3, -0.25) is 14.5 Å². The SMILES string of the molecule is CC(C)N(C)C(=O)C1CCN(C(=O)C2CCN(CC(F)(F)F)CC2)CC1. The monoisotopic (exact) mass is 377 g/mol. The van der Waals surface area contributed by atoms with Crippen LogP contribution in [0.5, 0.6) is 0 Å². The van der Waals surface area contributed by atoms with E-state index in [1.807, 2.05) is 13.8 Å². The largest absolute Gasteiger partial charge is 0.401 e. The Hall–Kier alpha value is -1.31. The molecule has 26 heavy (non-hydrogen) atoms. The average molecular weight is 377 g/mol. The van der Waals surface area contributed by atoms with E-state index >= 15 is 0 Å². The molecule has 2 amide bonds. The molecule has 0 aliphatic carbocycles. The molecule has 0 saturated carbocycles. The van der Waals surface area contributed by atoms with Crippen LogP contribution in [0.2, 0.25) is 0 Å². The maximum atomic E-state index is 12.7. The Balaban J connectivity index is 1.78. The van der Waals surface area contributed by atoms with Gasteiger partial charge in [0.15, 0.2) is 0 Å². The minimum atomic E-state index is -4.19. The second kappa shape index (κ2) is 8.59. The zero-order valence-corrected chi connectivity index (χ0v) is 15.9. The molecule has 0 bridgehead atoms. The smallest absolute Gasteiger partial charge is 0.343 e. The second-order valence-corrected chi connectivity index (χ2v) is 7.81. The van der Waals surface area contributed by atoms with Crippen LogP contribution in [0.4, 0.5) is 13.2 Å². The van der Waals surface area contributed by atoms with Gasteiger partial charge in [-0.25, -0.2) is 0 Å². The highest BCUT2D eigenvalue weighted by Gasteiger charge is 2.36. The standard InChI is InChI=1S/C18H30F3N3O2/c1-13(2)22(3)16(25)14-6-10-24(11-7-14)17(26)15-4-8-23(9-5-15)12-18(19,20)21/h13-15H,4-12H2,1-3H3. The highest BCUT2D eigenvalue weighted by molar-refractivity contribution is 5.81. The Morgan fingerprint density at radius 2 is 1.50 bits per heavy atom. The maximum absolute atomic E-state index is 12.7. The van der Waals surface area contributed by atoms with Gasteiger partial charge in [0.2, 0.25) is 11.8 Å². The molecule has 5 nitrogen and oxygen atoms in total. The molecular formula is C18H30F3N3O2. The third kappa shape index (κ3) is 5.59. The lowest BCUT2D eigenvalue weighted by Gasteiger charge is -2.38. The molecule has 2 saturated heterocycles. The summed E-state index contributed by atoms with van der Waals surface area (Å²) in [5.41, 5.74) is 0. The second-order valence-electron chi connectivity index (χ2n) is 7.81. The van der Waals surface area contributed by atoms with Crippen molar-refractivity contribution in [1.82, 2.24) is 14.7 Å². The molecule has 0 atom stereocenters. The number of alkyl halides is 3. The van der Waals surface area contributed by atoms with Crippen molar-refractivity contribution in [3.05, 3.63) is 0 Å². The van der Waals surface area contributed by atoms with E-state index in [1.54, 1.807) is 16.8 Å².